The molecule has 19 heavy (non-hydrogen) atoms. The molecule has 0 aliphatic carbocycles. The number of aryl methyl sites for hydroxylation is 2. The number of hydrogen-bond donors (Lipinski definition) is 2. The van der Waals surface area contributed by atoms with Crippen LogP contribution in [-0.4, -0.2) is 26.5 Å². The molecule has 0 spiro atoms. The van der Waals surface area contributed by atoms with E-state index in [0.29, 0.717) is 0 Å². The Labute approximate surface area is 112 Å². The lowest BCUT2D eigenvalue weighted by Crippen LogP contribution is -2.40. The van der Waals surface area contributed by atoms with E-state index in [4.69, 9.17) is 5.73 Å². The van der Waals surface area contributed by atoms with Gasteiger partial charge in [0.05, 0.1) is 5.69 Å². The number of carbonyl (C=O) groups is 1. The van der Waals surface area contributed by atoms with Crippen LogP contribution in [0.5, 0.6) is 0 Å². The Morgan fingerprint density at radius 2 is 2.00 bits per heavy atom. The fourth-order valence-electron chi connectivity index (χ4n) is 2.04. The number of hydrogen-bond acceptors (Lipinski definition) is 4. The van der Waals surface area contributed by atoms with E-state index >= 15 is 0 Å². The smallest absolute Gasteiger partial charge is 0.240 e. The van der Waals surface area contributed by atoms with Crippen LogP contribution in [0.4, 0.5) is 5.82 Å². The molecule has 0 saturated heterocycles. The van der Waals surface area contributed by atoms with Gasteiger partial charge in [-0.1, -0.05) is 13.8 Å². The third-order valence-electron chi connectivity index (χ3n) is 2.95. The van der Waals surface area contributed by atoms with E-state index in [-0.39, 0.29) is 11.8 Å². The molecule has 0 saturated carbocycles. The lowest BCUT2D eigenvalue weighted by molar-refractivity contribution is -0.119. The second-order valence-corrected chi connectivity index (χ2v) is 5.11. The standard InChI is InChI=1S/C13H19N5O/c1-7(2)12(13(14)19)16-11-5-8(3)15-10-6-9(4)17-18(10)11/h5-7,12,16H,1-4H3,(H2,14,19)/t12-/m0/s1. The highest BCUT2D eigenvalue weighted by Crippen LogP contribution is 2.16. The molecular formula is C13H19N5O. The minimum absolute atomic E-state index is 0.0951. The van der Waals surface area contributed by atoms with Gasteiger partial charge >= 0.3 is 0 Å². The van der Waals surface area contributed by atoms with Crippen molar-refractivity contribution in [2.75, 3.05) is 5.32 Å². The van der Waals surface area contributed by atoms with Crippen molar-refractivity contribution in [2.45, 2.75) is 33.7 Å². The number of nitrogens with zero attached hydrogens (tertiary/aromatic N) is 3. The van der Waals surface area contributed by atoms with Crippen molar-refractivity contribution in [2.24, 2.45) is 11.7 Å². The van der Waals surface area contributed by atoms with Crippen LogP contribution < -0.4 is 11.1 Å². The van der Waals surface area contributed by atoms with Crippen LogP contribution in [-0.2, 0) is 4.79 Å². The van der Waals surface area contributed by atoms with Crippen molar-refractivity contribution in [3.05, 3.63) is 23.5 Å². The summed E-state index contributed by atoms with van der Waals surface area (Å²) in [6.45, 7) is 7.70. The fourth-order valence-corrected chi connectivity index (χ4v) is 2.04. The van der Waals surface area contributed by atoms with E-state index in [2.05, 4.69) is 15.4 Å². The SMILES string of the molecule is Cc1cc(N[C@H](C(N)=O)C(C)C)n2nc(C)cc2n1. The molecule has 0 unspecified atom stereocenters. The zero-order valence-corrected chi connectivity index (χ0v) is 11.6. The Kier molecular flexibility index (Phi) is 3.42. The molecular weight excluding hydrogens is 242 g/mol. The van der Waals surface area contributed by atoms with Gasteiger partial charge in [0.2, 0.25) is 5.91 Å². The second-order valence-electron chi connectivity index (χ2n) is 5.11. The molecule has 2 heterocycles. The molecule has 0 aliphatic rings. The predicted octanol–water partition coefficient (Wildman–Crippen LogP) is 1.27. The van der Waals surface area contributed by atoms with Gasteiger partial charge < -0.3 is 11.1 Å². The minimum Gasteiger partial charge on any atom is -0.368 e. The first-order chi connectivity index (χ1) is 8.88. The molecule has 1 amide bonds. The molecule has 0 bridgehead atoms. The molecule has 0 fully saturated rings. The molecule has 6 nitrogen and oxygen atoms in total. The van der Waals surface area contributed by atoms with Gasteiger partial charge in [0.25, 0.3) is 0 Å². The van der Waals surface area contributed by atoms with Crippen LogP contribution >= 0.6 is 0 Å². The van der Waals surface area contributed by atoms with Gasteiger partial charge in [-0.3, -0.25) is 4.79 Å². The number of carbonyl (C=O) groups excluding carboxylic acids is 1. The molecule has 0 aliphatic heterocycles. The van der Waals surface area contributed by atoms with Crippen molar-refractivity contribution >= 4 is 17.4 Å². The molecule has 2 aromatic rings. The average molecular weight is 261 g/mol. The van der Waals surface area contributed by atoms with E-state index in [0.717, 1.165) is 22.9 Å². The van der Waals surface area contributed by atoms with Gasteiger partial charge in [0, 0.05) is 17.8 Å². The van der Waals surface area contributed by atoms with Crippen molar-refractivity contribution in [3.8, 4) is 0 Å². The minimum atomic E-state index is -0.436. The van der Waals surface area contributed by atoms with Gasteiger partial charge in [-0.25, -0.2) is 4.98 Å². The molecule has 2 rings (SSSR count). The lowest BCUT2D eigenvalue weighted by atomic mass is 10.0. The Hall–Kier alpha value is -2.11. The highest BCUT2D eigenvalue weighted by molar-refractivity contribution is 5.83. The van der Waals surface area contributed by atoms with Crippen LogP contribution in [0.15, 0.2) is 12.1 Å². The van der Waals surface area contributed by atoms with Gasteiger partial charge in [0.1, 0.15) is 11.9 Å². The first-order valence-electron chi connectivity index (χ1n) is 6.28. The fraction of sp³-hybridized carbons (Fsp3) is 0.462. The number of primary amides is 1. The predicted molar refractivity (Wildman–Crippen MR) is 73.9 cm³/mol. The topological polar surface area (TPSA) is 85.3 Å². The number of aromatic nitrogens is 3. The van der Waals surface area contributed by atoms with Crippen molar-refractivity contribution in [1.29, 1.82) is 0 Å². The molecule has 3 N–H and O–H groups in total. The maximum Gasteiger partial charge on any atom is 0.240 e. The summed E-state index contributed by atoms with van der Waals surface area (Å²) in [5, 5.41) is 7.53. The van der Waals surface area contributed by atoms with E-state index in [1.807, 2.05) is 39.8 Å². The molecule has 0 aromatic carbocycles. The first-order valence-corrected chi connectivity index (χ1v) is 6.28. The monoisotopic (exact) mass is 261 g/mol. The zero-order chi connectivity index (χ0) is 14.2. The highest BCUT2D eigenvalue weighted by atomic mass is 16.1. The maximum atomic E-state index is 11.5. The third-order valence-corrected chi connectivity index (χ3v) is 2.95. The Morgan fingerprint density at radius 3 is 2.58 bits per heavy atom. The Bertz CT molecular complexity index is 617. The molecule has 102 valence electrons. The van der Waals surface area contributed by atoms with E-state index in [9.17, 15) is 4.79 Å². The summed E-state index contributed by atoms with van der Waals surface area (Å²) in [5.74, 6) is 0.451. The summed E-state index contributed by atoms with van der Waals surface area (Å²) in [6, 6.07) is 3.32. The molecule has 6 heteroatoms. The van der Waals surface area contributed by atoms with Crippen molar-refractivity contribution in [3.63, 3.8) is 0 Å². The number of nitrogens with one attached hydrogen (secondary N) is 1. The van der Waals surface area contributed by atoms with Crippen molar-refractivity contribution < 1.29 is 4.79 Å². The molecule has 0 radical (unpaired) electrons. The van der Waals surface area contributed by atoms with Gasteiger partial charge in [-0.05, 0) is 19.8 Å². The summed E-state index contributed by atoms with van der Waals surface area (Å²) < 4.78 is 1.70. The van der Waals surface area contributed by atoms with Gasteiger partial charge in [-0.2, -0.15) is 9.61 Å². The van der Waals surface area contributed by atoms with E-state index in [1.54, 1.807) is 4.52 Å². The number of nitrogens with two attached hydrogens (primary N) is 1. The molecule has 2 aromatic heterocycles. The lowest BCUT2D eigenvalue weighted by Gasteiger charge is -2.20. The highest BCUT2D eigenvalue weighted by Gasteiger charge is 2.20. The van der Waals surface area contributed by atoms with E-state index < -0.39 is 6.04 Å². The van der Waals surface area contributed by atoms with Crippen LogP contribution in [0, 0.1) is 19.8 Å². The number of anilines is 1. The van der Waals surface area contributed by atoms with Gasteiger partial charge in [0.15, 0.2) is 5.65 Å². The maximum absolute atomic E-state index is 11.5. The Morgan fingerprint density at radius 1 is 1.32 bits per heavy atom. The number of rotatable bonds is 4. The molecule has 1 atom stereocenters. The Balaban J connectivity index is 2.46. The normalized spacial score (nSPS) is 12.9. The van der Waals surface area contributed by atoms with Crippen molar-refractivity contribution in [1.82, 2.24) is 14.6 Å². The van der Waals surface area contributed by atoms with Crippen LogP contribution in [0.3, 0.4) is 0 Å². The number of amides is 1. The average Bonchev–Trinajstić information content (AvgIpc) is 2.64. The zero-order valence-electron chi connectivity index (χ0n) is 11.6. The quantitative estimate of drug-likeness (QED) is 0.867. The largest absolute Gasteiger partial charge is 0.368 e. The third kappa shape index (κ3) is 2.67. The van der Waals surface area contributed by atoms with E-state index in [1.165, 1.54) is 0 Å². The van der Waals surface area contributed by atoms with Crippen LogP contribution in [0.1, 0.15) is 25.2 Å². The summed E-state index contributed by atoms with van der Waals surface area (Å²) >= 11 is 0. The number of fused-ring (bicyclic) bond motifs is 1. The second kappa shape index (κ2) is 4.87. The van der Waals surface area contributed by atoms with Crippen LogP contribution in [0.25, 0.3) is 5.65 Å². The summed E-state index contributed by atoms with van der Waals surface area (Å²) in [7, 11) is 0. The van der Waals surface area contributed by atoms with Crippen LogP contribution in [0.2, 0.25) is 0 Å². The summed E-state index contributed by atoms with van der Waals surface area (Å²) in [4.78, 5) is 15.9. The summed E-state index contributed by atoms with van der Waals surface area (Å²) in [5.41, 5.74) is 7.92. The summed E-state index contributed by atoms with van der Waals surface area (Å²) in [6.07, 6.45) is 0. The first kappa shape index (κ1) is 13.3. The van der Waals surface area contributed by atoms with Gasteiger partial charge in [-0.15, -0.1) is 0 Å².